The van der Waals surface area contributed by atoms with Crippen molar-refractivity contribution in [3.8, 4) is 0 Å². The molecule has 0 saturated carbocycles. The van der Waals surface area contributed by atoms with Crippen LogP contribution in [0.3, 0.4) is 0 Å². The first-order chi connectivity index (χ1) is 8.64. The van der Waals surface area contributed by atoms with Crippen molar-refractivity contribution in [1.82, 2.24) is 0 Å². The van der Waals surface area contributed by atoms with E-state index in [2.05, 4.69) is 6.58 Å². The SMILES string of the molecule is C=CC(=O)C(C)(C)OCCC(C)(C)OC(=O)CCC. The Labute approximate surface area is 116 Å². The summed E-state index contributed by atoms with van der Waals surface area (Å²) in [5, 5.41) is 0. The third-order valence-electron chi connectivity index (χ3n) is 2.79. The van der Waals surface area contributed by atoms with Crippen LogP contribution in [0.4, 0.5) is 0 Å². The van der Waals surface area contributed by atoms with Crippen molar-refractivity contribution >= 4 is 11.8 Å². The Morgan fingerprint density at radius 1 is 1.21 bits per heavy atom. The number of ether oxygens (including phenoxy) is 2. The number of hydrogen-bond acceptors (Lipinski definition) is 4. The molecule has 0 heterocycles. The average Bonchev–Trinajstić information content (AvgIpc) is 2.26. The molecule has 19 heavy (non-hydrogen) atoms. The molecule has 0 aromatic heterocycles. The zero-order valence-electron chi connectivity index (χ0n) is 12.7. The summed E-state index contributed by atoms with van der Waals surface area (Å²) in [6.07, 6.45) is 2.99. The van der Waals surface area contributed by atoms with E-state index in [0.29, 0.717) is 19.4 Å². The van der Waals surface area contributed by atoms with E-state index < -0.39 is 11.2 Å². The second-order valence-corrected chi connectivity index (χ2v) is 5.66. The van der Waals surface area contributed by atoms with Gasteiger partial charge in [-0.25, -0.2) is 0 Å². The molecular formula is C15H26O4. The molecule has 0 unspecified atom stereocenters. The first-order valence-electron chi connectivity index (χ1n) is 6.67. The number of carbonyl (C=O) groups excluding carboxylic acids is 2. The van der Waals surface area contributed by atoms with Gasteiger partial charge in [0, 0.05) is 12.8 Å². The van der Waals surface area contributed by atoms with Crippen LogP contribution in [-0.2, 0) is 19.1 Å². The first-order valence-corrected chi connectivity index (χ1v) is 6.67. The Kier molecular flexibility index (Phi) is 6.98. The monoisotopic (exact) mass is 270 g/mol. The molecule has 0 N–H and O–H groups in total. The second-order valence-electron chi connectivity index (χ2n) is 5.66. The third kappa shape index (κ3) is 7.11. The maximum Gasteiger partial charge on any atom is 0.306 e. The molecule has 0 aliphatic carbocycles. The molecule has 110 valence electrons. The minimum Gasteiger partial charge on any atom is -0.460 e. The van der Waals surface area contributed by atoms with Crippen LogP contribution in [0.25, 0.3) is 0 Å². The second kappa shape index (κ2) is 7.43. The van der Waals surface area contributed by atoms with Crippen molar-refractivity contribution < 1.29 is 19.1 Å². The van der Waals surface area contributed by atoms with Crippen LogP contribution >= 0.6 is 0 Å². The van der Waals surface area contributed by atoms with E-state index in [1.54, 1.807) is 13.8 Å². The van der Waals surface area contributed by atoms with Gasteiger partial charge in [-0.05, 0) is 40.2 Å². The normalized spacial score (nSPS) is 12.1. The lowest BCUT2D eigenvalue weighted by Gasteiger charge is -2.28. The Bertz CT molecular complexity index is 329. The molecule has 0 atom stereocenters. The van der Waals surface area contributed by atoms with E-state index in [1.807, 2.05) is 20.8 Å². The Hall–Kier alpha value is -1.16. The zero-order valence-corrected chi connectivity index (χ0v) is 12.7. The minimum atomic E-state index is -0.884. The fourth-order valence-electron chi connectivity index (χ4n) is 1.48. The van der Waals surface area contributed by atoms with Gasteiger partial charge in [0.1, 0.15) is 11.2 Å². The zero-order chi connectivity index (χ0) is 15.1. The number of ketones is 1. The van der Waals surface area contributed by atoms with Crippen LogP contribution in [-0.4, -0.2) is 29.6 Å². The van der Waals surface area contributed by atoms with Gasteiger partial charge in [0.15, 0.2) is 5.78 Å². The Morgan fingerprint density at radius 3 is 2.26 bits per heavy atom. The predicted molar refractivity (Wildman–Crippen MR) is 74.9 cm³/mol. The first kappa shape index (κ1) is 17.8. The van der Waals surface area contributed by atoms with E-state index in [4.69, 9.17) is 9.47 Å². The van der Waals surface area contributed by atoms with Gasteiger partial charge >= 0.3 is 5.97 Å². The molecule has 4 nitrogen and oxygen atoms in total. The molecule has 0 bridgehead atoms. The van der Waals surface area contributed by atoms with Crippen LogP contribution in [0.1, 0.15) is 53.9 Å². The summed E-state index contributed by atoms with van der Waals surface area (Å²) < 4.78 is 10.9. The third-order valence-corrected chi connectivity index (χ3v) is 2.79. The molecule has 0 amide bonds. The van der Waals surface area contributed by atoms with Gasteiger partial charge in [0.25, 0.3) is 0 Å². The lowest BCUT2D eigenvalue weighted by atomic mass is 10.0. The highest BCUT2D eigenvalue weighted by molar-refractivity contribution is 5.95. The largest absolute Gasteiger partial charge is 0.460 e. The van der Waals surface area contributed by atoms with Crippen molar-refractivity contribution in [3.05, 3.63) is 12.7 Å². The van der Waals surface area contributed by atoms with E-state index in [9.17, 15) is 9.59 Å². The topological polar surface area (TPSA) is 52.6 Å². The van der Waals surface area contributed by atoms with Gasteiger partial charge in [-0.3, -0.25) is 9.59 Å². The minimum absolute atomic E-state index is 0.159. The van der Waals surface area contributed by atoms with Gasteiger partial charge < -0.3 is 9.47 Å². The number of hydrogen-bond donors (Lipinski definition) is 0. The smallest absolute Gasteiger partial charge is 0.306 e. The van der Waals surface area contributed by atoms with Gasteiger partial charge in [-0.1, -0.05) is 13.5 Å². The van der Waals surface area contributed by atoms with Crippen molar-refractivity contribution in [2.75, 3.05) is 6.61 Å². The molecule has 4 heteroatoms. The molecule has 0 aromatic rings. The molecule has 0 aromatic carbocycles. The molecular weight excluding hydrogens is 244 g/mol. The lowest BCUT2D eigenvalue weighted by molar-refractivity contribution is -0.160. The highest BCUT2D eigenvalue weighted by Crippen LogP contribution is 2.19. The van der Waals surface area contributed by atoms with E-state index in [1.165, 1.54) is 6.08 Å². The molecule has 0 rings (SSSR count). The van der Waals surface area contributed by atoms with E-state index in [0.717, 1.165) is 6.42 Å². The Balaban J connectivity index is 4.21. The average molecular weight is 270 g/mol. The van der Waals surface area contributed by atoms with Crippen molar-refractivity contribution in [2.45, 2.75) is 65.1 Å². The van der Waals surface area contributed by atoms with E-state index >= 15 is 0 Å². The number of carbonyl (C=O) groups is 2. The highest BCUT2D eigenvalue weighted by Gasteiger charge is 2.28. The van der Waals surface area contributed by atoms with Crippen LogP contribution in [0.2, 0.25) is 0 Å². The quantitative estimate of drug-likeness (QED) is 0.477. The van der Waals surface area contributed by atoms with Crippen LogP contribution in [0.15, 0.2) is 12.7 Å². The fourth-order valence-corrected chi connectivity index (χ4v) is 1.48. The summed E-state index contributed by atoms with van der Waals surface area (Å²) in [6, 6.07) is 0. The maximum atomic E-state index is 11.5. The summed E-state index contributed by atoms with van der Waals surface area (Å²) in [7, 11) is 0. The summed E-state index contributed by atoms with van der Waals surface area (Å²) in [5.41, 5.74) is -1.47. The van der Waals surface area contributed by atoms with Gasteiger partial charge in [-0.2, -0.15) is 0 Å². The Morgan fingerprint density at radius 2 is 1.79 bits per heavy atom. The molecule has 0 aliphatic heterocycles. The standard InChI is InChI=1S/C15H26O4/c1-7-9-13(17)19-14(3,4)10-11-18-15(5,6)12(16)8-2/h8H,2,7,9-11H2,1,3-6H3. The van der Waals surface area contributed by atoms with E-state index in [-0.39, 0.29) is 11.8 Å². The summed E-state index contributed by atoms with van der Waals surface area (Å²) >= 11 is 0. The molecule has 0 fully saturated rings. The summed E-state index contributed by atoms with van der Waals surface area (Å²) in [5.74, 6) is -0.359. The molecule has 0 saturated heterocycles. The maximum absolute atomic E-state index is 11.5. The lowest BCUT2D eigenvalue weighted by Crippen LogP contribution is -2.36. The number of esters is 1. The molecule has 0 aliphatic rings. The van der Waals surface area contributed by atoms with Crippen molar-refractivity contribution in [3.63, 3.8) is 0 Å². The summed E-state index contributed by atoms with van der Waals surface area (Å²) in [4.78, 5) is 23.0. The fraction of sp³-hybridized carbons (Fsp3) is 0.733. The van der Waals surface area contributed by atoms with Crippen molar-refractivity contribution in [2.24, 2.45) is 0 Å². The predicted octanol–water partition coefficient (Wildman–Crippen LogP) is 3.05. The van der Waals surface area contributed by atoms with Crippen LogP contribution in [0, 0.1) is 0 Å². The summed E-state index contributed by atoms with van der Waals surface area (Å²) in [6.45, 7) is 12.8. The van der Waals surface area contributed by atoms with Crippen LogP contribution in [0.5, 0.6) is 0 Å². The highest BCUT2D eigenvalue weighted by atomic mass is 16.6. The van der Waals surface area contributed by atoms with Gasteiger partial charge in [0.2, 0.25) is 0 Å². The molecule has 0 spiro atoms. The molecule has 0 radical (unpaired) electrons. The van der Waals surface area contributed by atoms with Gasteiger partial charge in [-0.15, -0.1) is 0 Å². The number of rotatable bonds is 9. The van der Waals surface area contributed by atoms with Crippen molar-refractivity contribution in [1.29, 1.82) is 0 Å². The van der Waals surface area contributed by atoms with Crippen LogP contribution < -0.4 is 0 Å². The van der Waals surface area contributed by atoms with Gasteiger partial charge in [0.05, 0.1) is 6.61 Å².